The van der Waals surface area contributed by atoms with Crippen LogP contribution in [0.15, 0.2) is 249 Å². The fourth-order valence-corrected chi connectivity index (χ4v) is 11.8. The fraction of sp³-hybridized carbons (Fsp3) is 0.0769. The molecule has 0 unspecified atom stereocenters. The van der Waals surface area contributed by atoms with Crippen molar-refractivity contribution >= 4 is 74.3 Å². The maximum Gasteiger partial charge on any atom is 0.252 e. The molecule has 2 aliphatic heterocycles. The molecule has 10 aromatic rings. The summed E-state index contributed by atoms with van der Waals surface area (Å²) in [4.78, 5) is 7.52. The zero-order valence-electron chi connectivity index (χ0n) is 39.1. The van der Waals surface area contributed by atoms with Crippen LogP contribution in [0.1, 0.15) is 48.6 Å². The predicted molar refractivity (Wildman–Crippen MR) is 291 cm³/mol. The van der Waals surface area contributed by atoms with E-state index in [-0.39, 0.29) is 12.1 Å². The molecule has 0 saturated heterocycles. The third kappa shape index (κ3) is 6.29. The number of fused-ring (bicyclic) bond motifs is 7. The molecule has 0 atom stereocenters. The van der Waals surface area contributed by atoms with Crippen LogP contribution in [0.5, 0.6) is 0 Å². The molecule has 0 spiro atoms. The van der Waals surface area contributed by atoms with Gasteiger partial charge < -0.3 is 14.7 Å². The number of anilines is 9. The van der Waals surface area contributed by atoms with Crippen molar-refractivity contribution in [3.8, 4) is 11.1 Å². The smallest absolute Gasteiger partial charge is 0.252 e. The summed E-state index contributed by atoms with van der Waals surface area (Å²) >= 11 is 0. The molecular weight excluding hydrogens is 834 g/mol. The van der Waals surface area contributed by atoms with Crippen molar-refractivity contribution in [3.05, 3.63) is 277 Å². The lowest BCUT2D eigenvalue weighted by atomic mass is 9.33. The summed E-state index contributed by atoms with van der Waals surface area (Å²) in [6, 6.07) is 92.5. The molecule has 0 amide bonds. The van der Waals surface area contributed by atoms with Crippen molar-refractivity contribution in [3.63, 3.8) is 0 Å². The molecule has 3 nitrogen and oxygen atoms in total. The van der Waals surface area contributed by atoms with E-state index in [9.17, 15) is 0 Å². The molecular formula is C65H50BN3. The Morgan fingerprint density at radius 1 is 0.377 bits per heavy atom. The first-order valence-corrected chi connectivity index (χ1v) is 24.2. The fourth-order valence-electron chi connectivity index (χ4n) is 11.8. The lowest BCUT2D eigenvalue weighted by Gasteiger charge is -2.45. The highest BCUT2D eigenvalue weighted by atomic mass is 15.2. The van der Waals surface area contributed by atoms with Gasteiger partial charge in [0, 0.05) is 51.2 Å². The number of rotatable bonds is 7. The molecule has 3 aliphatic rings. The van der Waals surface area contributed by atoms with Gasteiger partial charge in [-0.1, -0.05) is 191 Å². The minimum Gasteiger partial charge on any atom is -0.311 e. The van der Waals surface area contributed by atoms with Crippen molar-refractivity contribution < 1.29 is 0 Å². The molecule has 1 aliphatic carbocycles. The van der Waals surface area contributed by atoms with E-state index in [0.29, 0.717) is 0 Å². The Morgan fingerprint density at radius 3 is 1.51 bits per heavy atom. The molecule has 328 valence electrons. The minimum atomic E-state index is -0.555. The Bertz CT molecular complexity index is 3470. The summed E-state index contributed by atoms with van der Waals surface area (Å²) in [5.41, 5.74) is 22.5. The highest BCUT2D eigenvalue weighted by molar-refractivity contribution is 7.00. The van der Waals surface area contributed by atoms with Gasteiger partial charge in [-0.05, 0) is 140 Å². The predicted octanol–water partition coefficient (Wildman–Crippen LogP) is 14.9. The van der Waals surface area contributed by atoms with Crippen molar-refractivity contribution in [2.24, 2.45) is 0 Å². The van der Waals surface area contributed by atoms with Gasteiger partial charge in [-0.3, -0.25) is 0 Å². The number of para-hydroxylation sites is 4. The van der Waals surface area contributed by atoms with E-state index in [4.69, 9.17) is 0 Å². The largest absolute Gasteiger partial charge is 0.311 e. The first-order chi connectivity index (χ1) is 33.9. The van der Waals surface area contributed by atoms with Gasteiger partial charge in [-0.15, -0.1) is 0 Å². The lowest BCUT2D eigenvalue weighted by molar-refractivity contribution is 0.590. The molecule has 13 rings (SSSR count). The second kappa shape index (κ2) is 15.9. The molecule has 4 heteroatoms. The first-order valence-electron chi connectivity index (χ1n) is 24.2. The van der Waals surface area contributed by atoms with E-state index in [0.717, 1.165) is 28.4 Å². The number of hydrogen-bond acceptors (Lipinski definition) is 3. The Labute approximate surface area is 406 Å². The highest BCUT2D eigenvalue weighted by Crippen LogP contribution is 2.58. The van der Waals surface area contributed by atoms with Crippen LogP contribution >= 0.6 is 0 Å². The van der Waals surface area contributed by atoms with E-state index in [1.54, 1.807) is 0 Å². The third-order valence-electron chi connectivity index (χ3n) is 14.8. The van der Waals surface area contributed by atoms with Gasteiger partial charge in [0.25, 0.3) is 6.71 Å². The molecule has 0 N–H and O–H groups in total. The lowest BCUT2D eigenvalue weighted by Crippen LogP contribution is -2.61. The van der Waals surface area contributed by atoms with Gasteiger partial charge >= 0.3 is 0 Å². The standard InChI is InChI=1S/C65H50BN3/c1-64(2,3)47-41-61-63-62(42-47)69(51-37-39-54-53-33-19-20-34-55(53)65(56(54)43-51,45-23-9-4-10-24-45)46-25-11-5-12-26-46)60-44-52(67(48-27-13-6-14-28-48)49-29-15-7-16-30-49)38-40-58(60)66(63)57-35-21-22-36-59(57)68(61)50-31-17-8-18-32-50/h4-44H,1-3H3. The van der Waals surface area contributed by atoms with Gasteiger partial charge in [-0.2, -0.15) is 0 Å². The van der Waals surface area contributed by atoms with Crippen LogP contribution < -0.4 is 31.1 Å². The Balaban J connectivity index is 1.14. The molecule has 69 heavy (non-hydrogen) atoms. The van der Waals surface area contributed by atoms with Crippen molar-refractivity contribution in [2.45, 2.75) is 31.6 Å². The number of hydrogen-bond donors (Lipinski definition) is 0. The molecule has 10 aromatic carbocycles. The zero-order valence-corrected chi connectivity index (χ0v) is 39.1. The maximum atomic E-state index is 2.61. The molecule has 0 saturated carbocycles. The molecule has 2 heterocycles. The minimum absolute atomic E-state index is 0.0196. The van der Waals surface area contributed by atoms with Crippen molar-refractivity contribution in [1.29, 1.82) is 0 Å². The van der Waals surface area contributed by atoms with Crippen LogP contribution in [0.25, 0.3) is 11.1 Å². The quantitative estimate of drug-likeness (QED) is 0.148. The highest BCUT2D eigenvalue weighted by Gasteiger charge is 2.48. The summed E-state index contributed by atoms with van der Waals surface area (Å²) in [6.07, 6.45) is 0. The molecule has 0 bridgehead atoms. The van der Waals surface area contributed by atoms with Crippen LogP contribution in [0, 0.1) is 0 Å². The van der Waals surface area contributed by atoms with E-state index in [1.807, 2.05) is 0 Å². The maximum absolute atomic E-state index is 2.61. The summed E-state index contributed by atoms with van der Waals surface area (Å²) in [7, 11) is 0. The Hall–Kier alpha value is -8.34. The topological polar surface area (TPSA) is 9.72 Å². The van der Waals surface area contributed by atoms with E-state index in [2.05, 4.69) is 284 Å². The van der Waals surface area contributed by atoms with Gasteiger partial charge in [-0.25, -0.2) is 0 Å². The molecule has 0 fully saturated rings. The zero-order chi connectivity index (χ0) is 46.3. The Kier molecular flexibility index (Phi) is 9.42. The van der Waals surface area contributed by atoms with Gasteiger partial charge in [0.1, 0.15) is 0 Å². The van der Waals surface area contributed by atoms with Crippen LogP contribution in [0.4, 0.5) is 51.2 Å². The summed E-state index contributed by atoms with van der Waals surface area (Å²) < 4.78 is 0. The van der Waals surface area contributed by atoms with Crippen LogP contribution in [0.3, 0.4) is 0 Å². The second-order valence-corrected chi connectivity index (χ2v) is 19.7. The number of nitrogens with zero attached hydrogens (tertiary/aromatic N) is 3. The normalized spacial score (nSPS) is 13.8. The van der Waals surface area contributed by atoms with Gasteiger partial charge in [0.15, 0.2) is 0 Å². The van der Waals surface area contributed by atoms with E-state index in [1.165, 1.54) is 78.1 Å². The monoisotopic (exact) mass is 883 g/mol. The number of benzene rings is 10. The average molecular weight is 884 g/mol. The van der Waals surface area contributed by atoms with E-state index >= 15 is 0 Å². The van der Waals surface area contributed by atoms with Crippen LogP contribution in [-0.2, 0) is 10.8 Å². The Morgan fingerprint density at radius 2 is 0.884 bits per heavy atom. The third-order valence-corrected chi connectivity index (χ3v) is 14.8. The summed E-state index contributed by atoms with van der Waals surface area (Å²) in [5, 5.41) is 0. The van der Waals surface area contributed by atoms with Crippen LogP contribution in [0.2, 0.25) is 0 Å². The SMILES string of the molecule is CC(C)(C)c1cc2c3c(c1)N(c1ccc4c(c1)C(c1ccccc1)(c1ccccc1)c1ccccc1-4)c1cc(N(c4ccccc4)c4ccccc4)ccc1B3c1ccccc1N2c1ccccc1. The van der Waals surface area contributed by atoms with Crippen LogP contribution in [-0.4, -0.2) is 6.71 Å². The van der Waals surface area contributed by atoms with Crippen molar-refractivity contribution in [1.82, 2.24) is 0 Å². The summed E-state index contributed by atoms with van der Waals surface area (Å²) in [6.45, 7) is 7.02. The summed E-state index contributed by atoms with van der Waals surface area (Å²) in [5.74, 6) is 0. The second-order valence-electron chi connectivity index (χ2n) is 19.7. The van der Waals surface area contributed by atoms with E-state index < -0.39 is 5.41 Å². The first kappa shape index (κ1) is 40.9. The van der Waals surface area contributed by atoms with Gasteiger partial charge in [0.2, 0.25) is 0 Å². The molecule has 0 aromatic heterocycles. The van der Waals surface area contributed by atoms with Crippen molar-refractivity contribution in [2.75, 3.05) is 14.7 Å². The molecule has 0 radical (unpaired) electrons. The average Bonchev–Trinajstić information content (AvgIpc) is 3.70. The van der Waals surface area contributed by atoms with Gasteiger partial charge in [0.05, 0.1) is 5.41 Å².